The van der Waals surface area contributed by atoms with Gasteiger partial charge in [0.15, 0.2) is 11.6 Å². The van der Waals surface area contributed by atoms with Crippen LogP contribution in [0.2, 0.25) is 0 Å². The molecule has 0 N–H and O–H groups in total. The van der Waals surface area contributed by atoms with Crippen LogP contribution in [-0.2, 0) is 13.1 Å². The zero-order valence-electron chi connectivity index (χ0n) is 16.1. The van der Waals surface area contributed by atoms with Crippen molar-refractivity contribution in [3.63, 3.8) is 0 Å². The second-order valence-electron chi connectivity index (χ2n) is 7.64. The molecule has 1 fully saturated rings. The number of benzene rings is 1. The van der Waals surface area contributed by atoms with Crippen LogP contribution in [0.3, 0.4) is 0 Å². The van der Waals surface area contributed by atoms with Crippen molar-refractivity contribution in [2.75, 3.05) is 33.2 Å². The fourth-order valence-electron chi connectivity index (χ4n) is 3.22. The molecule has 146 valence electrons. The van der Waals surface area contributed by atoms with Gasteiger partial charge in [-0.05, 0) is 37.2 Å². The van der Waals surface area contributed by atoms with Crippen LogP contribution in [0.5, 0.6) is 0 Å². The van der Waals surface area contributed by atoms with Crippen LogP contribution in [0.25, 0.3) is 11.3 Å². The van der Waals surface area contributed by atoms with Crippen LogP contribution < -0.4 is 5.56 Å². The summed E-state index contributed by atoms with van der Waals surface area (Å²) in [5.41, 5.74) is 1.47. The van der Waals surface area contributed by atoms with Crippen molar-refractivity contribution in [1.82, 2.24) is 19.6 Å². The summed E-state index contributed by atoms with van der Waals surface area (Å²) in [5.74, 6) is -1.57. The molecule has 2 aromatic rings. The quantitative estimate of drug-likeness (QED) is 0.804. The summed E-state index contributed by atoms with van der Waals surface area (Å²) in [6, 6.07) is 5.42. The number of hydrogen-bond donors (Lipinski definition) is 0. The molecule has 27 heavy (non-hydrogen) atoms. The molecule has 0 radical (unpaired) electrons. The minimum Gasteiger partial charge on any atom is -0.304 e. The number of aromatic nitrogens is 2. The average Bonchev–Trinajstić information content (AvgIpc) is 2.62. The van der Waals surface area contributed by atoms with E-state index in [1.165, 1.54) is 10.7 Å². The highest BCUT2D eigenvalue weighted by atomic mass is 19.2. The Hall–Kier alpha value is -2.12. The minimum atomic E-state index is -0.920. The minimum absolute atomic E-state index is 0.117. The highest BCUT2D eigenvalue weighted by molar-refractivity contribution is 5.59. The number of hydrogen-bond acceptors (Lipinski definition) is 4. The normalized spacial score (nSPS) is 16.2. The summed E-state index contributed by atoms with van der Waals surface area (Å²) >= 11 is 0. The number of nitrogens with zero attached hydrogens (tertiary/aromatic N) is 4. The summed E-state index contributed by atoms with van der Waals surface area (Å²) in [7, 11) is 2.08. The van der Waals surface area contributed by atoms with E-state index in [0.717, 1.165) is 38.3 Å². The van der Waals surface area contributed by atoms with E-state index in [2.05, 4.69) is 21.9 Å². The predicted octanol–water partition coefficient (Wildman–Crippen LogP) is 2.59. The van der Waals surface area contributed by atoms with Gasteiger partial charge in [-0.1, -0.05) is 13.8 Å². The van der Waals surface area contributed by atoms with Gasteiger partial charge >= 0.3 is 0 Å². The van der Waals surface area contributed by atoms with Crippen molar-refractivity contribution in [2.24, 2.45) is 5.92 Å². The van der Waals surface area contributed by atoms with E-state index in [1.807, 2.05) is 13.8 Å². The first-order valence-corrected chi connectivity index (χ1v) is 9.31. The Morgan fingerprint density at radius 1 is 1.07 bits per heavy atom. The summed E-state index contributed by atoms with van der Waals surface area (Å²) in [6.07, 6.45) is 0. The van der Waals surface area contributed by atoms with E-state index >= 15 is 0 Å². The molecule has 3 rings (SSSR count). The molecule has 0 unspecified atom stereocenters. The van der Waals surface area contributed by atoms with E-state index in [4.69, 9.17) is 0 Å². The second kappa shape index (κ2) is 8.27. The van der Waals surface area contributed by atoms with Gasteiger partial charge in [-0.3, -0.25) is 9.69 Å². The summed E-state index contributed by atoms with van der Waals surface area (Å²) < 4.78 is 28.4. The monoisotopic (exact) mass is 376 g/mol. The molecule has 1 saturated heterocycles. The van der Waals surface area contributed by atoms with Gasteiger partial charge in [0.1, 0.15) is 0 Å². The molecular formula is C20H26F2N4O. The van der Waals surface area contributed by atoms with Crippen molar-refractivity contribution in [3.05, 3.63) is 51.8 Å². The van der Waals surface area contributed by atoms with Gasteiger partial charge in [0.25, 0.3) is 5.56 Å². The molecule has 1 aliphatic rings. The Morgan fingerprint density at radius 2 is 1.78 bits per heavy atom. The maximum Gasteiger partial charge on any atom is 0.271 e. The van der Waals surface area contributed by atoms with Crippen molar-refractivity contribution in [1.29, 1.82) is 0 Å². The lowest BCUT2D eigenvalue weighted by Gasteiger charge is -2.32. The van der Waals surface area contributed by atoms with Gasteiger partial charge in [0.05, 0.1) is 5.69 Å². The standard InChI is InChI=1S/C20H26F2N4O/c1-14(2)12-26-20(27)16(13-25-8-6-24(3)7-9-25)11-19(23-26)15-4-5-17(21)18(22)10-15/h4-5,10-11,14H,6-9,12-13H2,1-3H3. The van der Waals surface area contributed by atoms with E-state index in [1.54, 1.807) is 6.07 Å². The molecule has 5 nitrogen and oxygen atoms in total. The molecule has 1 aromatic heterocycles. The second-order valence-corrected chi connectivity index (χ2v) is 7.64. The molecule has 0 atom stereocenters. The van der Waals surface area contributed by atoms with Gasteiger partial charge in [-0.2, -0.15) is 5.10 Å². The van der Waals surface area contributed by atoms with Gasteiger partial charge in [0.2, 0.25) is 0 Å². The molecule has 0 saturated carbocycles. The summed E-state index contributed by atoms with van der Waals surface area (Å²) in [6.45, 7) is 8.74. The van der Waals surface area contributed by atoms with Crippen molar-refractivity contribution in [2.45, 2.75) is 26.9 Å². The van der Waals surface area contributed by atoms with Crippen LogP contribution in [-0.4, -0.2) is 52.8 Å². The molecule has 0 aliphatic carbocycles. The van der Waals surface area contributed by atoms with Gasteiger partial charge in [0, 0.05) is 50.4 Å². The Labute approximate surface area is 158 Å². The Bertz CT molecular complexity index is 858. The third-order valence-electron chi connectivity index (χ3n) is 4.79. The fourth-order valence-corrected chi connectivity index (χ4v) is 3.22. The largest absolute Gasteiger partial charge is 0.304 e. The number of piperazine rings is 1. The van der Waals surface area contributed by atoms with Gasteiger partial charge < -0.3 is 4.90 Å². The highest BCUT2D eigenvalue weighted by Crippen LogP contribution is 2.20. The topological polar surface area (TPSA) is 41.4 Å². The number of rotatable bonds is 5. The first-order valence-electron chi connectivity index (χ1n) is 9.31. The first-order chi connectivity index (χ1) is 12.8. The molecule has 1 aliphatic heterocycles. The molecule has 2 heterocycles. The zero-order chi connectivity index (χ0) is 19.6. The molecule has 0 spiro atoms. The molecule has 0 bridgehead atoms. The van der Waals surface area contributed by atoms with Crippen LogP contribution in [0.4, 0.5) is 8.78 Å². The summed E-state index contributed by atoms with van der Waals surface area (Å²) in [5, 5.41) is 4.41. The smallest absolute Gasteiger partial charge is 0.271 e. The lowest BCUT2D eigenvalue weighted by molar-refractivity contribution is 0.147. The van der Waals surface area contributed by atoms with Crippen LogP contribution >= 0.6 is 0 Å². The van der Waals surface area contributed by atoms with Crippen molar-refractivity contribution >= 4 is 0 Å². The third-order valence-corrected chi connectivity index (χ3v) is 4.79. The molecule has 7 heteroatoms. The lowest BCUT2D eigenvalue weighted by atomic mass is 10.1. The average molecular weight is 376 g/mol. The number of likely N-dealkylation sites (N-methyl/N-ethyl adjacent to an activating group) is 1. The Kier molecular flexibility index (Phi) is 6.01. The first kappa shape index (κ1) is 19.6. The fraction of sp³-hybridized carbons (Fsp3) is 0.500. The Morgan fingerprint density at radius 3 is 2.41 bits per heavy atom. The predicted molar refractivity (Wildman–Crippen MR) is 101 cm³/mol. The molecule has 1 aromatic carbocycles. The lowest BCUT2D eigenvalue weighted by Crippen LogP contribution is -2.45. The van der Waals surface area contributed by atoms with Gasteiger partial charge in [-0.15, -0.1) is 0 Å². The Balaban J connectivity index is 1.98. The van der Waals surface area contributed by atoms with Crippen LogP contribution in [0.1, 0.15) is 19.4 Å². The zero-order valence-corrected chi connectivity index (χ0v) is 16.1. The van der Waals surface area contributed by atoms with E-state index in [-0.39, 0.29) is 11.5 Å². The maximum atomic E-state index is 13.7. The SMILES string of the molecule is CC(C)Cn1nc(-c2ccc(F)c(F)c2)cc(CN2CCN(C)CC2)c1=O. The molecular weight excluding hydrogens is 350 g/mol. The third kappa shape index (κ3) is 4.78. The molecule has 0 amide bonds. The van der Waals surface area contributed by atoms with E-state index < -0.39 is 11.6 Å². The van der Waals surface area contributed by atoms with E-state index in [0.29, 0.717) is 29.9 Å². The van der Waals surface area contributed by atoms with Crippen LogP contribution in [0.15, 0.2) is 29.1 Å². The van der Waals surface area contributed by atoms with E-state index in [9.17, 15) is 13.6 Å². The maximum absolute atomic E-state index is 13.7. The van der Waals surface area contributed by atoms with Gasteiger partial charge in [-0.25, -0.2) is 13.5 Å². The highest BCUT2D eigenvalue weighted by Gasteiger charge is 2.18. The van der Waals surface area contributed by atoms with Crippen LogP contribution in [0, 0.1) is 17.6 Å². The summed E-state index contributed by atoms with van der Waals surface area (Å²) in [4.78, 5) is 17.4. The number of halogens is 2. The van der Waals surface area contributed by atoms with Crippen molar-refractivity contribution in [3.8, 4) is 11.3 Å². The van der Waals surface area contributed by atoms with Crippen molar-refractivity contribution < 1.29 is 8.78 Å².